The zero-order valence-electron chi connectivity index (χ0n) is 13.4. The lowest BCUT2D eigenvalue weighted by molar-refractivity contribution is 0.188. The van der Waals surface area contributed by atoms with Gasteiger partial charge in [-0.2, -0.15) is 9.40 Å². The number of aryl methyl sites for hydroxylation is 2. The predicted octanol–water partition coefficient (Wildman–Crippen LogP) is 1.69. The van der Waals surface area contributed by atoms with E-state index in [0.717, 1.165) is 11.2 Å². The van der Waals surface area contributed by atoms with Crippen LogP contribution in [-0.2, 0) is 10.0 Å². The molecule has 3 aromatic rings. The minimum Gasteiger partial charge on any atom is -0.264 e. The number of fused-ring (bicyclic) bond motifs is 1. The third-order valence-electron chi connectivity index (χ3n) is 4.34. The Bertz CT molecular complexity index is 1020. The second kappa shape index (κ2) is 5.35. The monoisotopic (exact) mass is 343 g/mol. The summed E-state index contributed by atoms with van der Waals surface area (Å²) < 4.78 is 29.2. The molecule has 1 aliphatic rings. The van der Waals surface area contributed by atoms with Crippen LogP contribution in [0, 0.1) is 13.8 Å². The van der Waals surface area contributed by atoms with E-state index in [1.165, 1.54) is 4.31 Å². The topological polar surface area (TPSA) is 81.0 Å². The molecule has 0 N–H and O–H groups in total. The van der Waals surface area contributed by atoms with Gasteiger partial charge in [-0.15, -0.1) is 0 Å². The van der Waals surface area contributed by atoms with Gasteiger partial charge in [0.2, 0.25) is 10.0 Å². The van der Waals surface area contributed by atoms with Crippen molar-refractivity contribution >= 4 is 20.8 Å². The summed E-state index contributed by atoms with van der Waals surface area (Å²) in [5, 5.41) is 5.86. The fourth-order valence-corrected chi connectivity index (χ4v) is 4.81. The highest BCUT2D eigenvalue weighted by Gasteiger charge is 2.39. The van der Waals surface area contributed by atoms with Crippen molar-refractivity contribution in [2.75, 3.05) is 13.1 Å². The van der Waals surface area contributed by atoms with E-state index in [1.54, 1.807) is 24.5 Å². The van der Waals surface area contributed by atoms with Gasteiger partial charge in [0, 0.05) is 30.9 Å². The lowest BCUT2D eigenvalue weighted by Gasteiger charge is -2.38. The molecule has 8 heteroatoms. The number of pyridine rings is 1. The maximum absolute atomic E-state index is 12.9. The molecule has 7 nitrogen and oxygen atoms in total. The first-order valence-corrected chi connectivity index (χ1v) is 9.13. The molecule has 1 saturated heterocycles. The van der Waals surface area contributed by atoms with Gasteiger partial charge >= 0.3 is 0 Å². The molecule has 1 aromatic carbocycles. The summed E-state index contributed by atoms with van der Waals surface area (Å²) in [4.78, 5) is 8.64. The Labute approximate surface area is 140 Å². The van der Waals surface area contributed by atoms with Crippen molar-refractivity contribution in [1.82, 2.24) is 24.1 Å². The summed E-state index contributed by atoms with van der Waals surface area (Å²) in [6.45, 7) is 4.53. The SMILES string of the molecule is Cc1nc(C)n(C2CN(S(=O)(=O)c3cccc4ccncc34)C2)n1. The van der Waals surface area contributed by atoms with Gasteiger partial charge in [0.15, 0.2) is 0 Å². The van der Waals surface area contributed by atoms with Crippen LogP contribution in [0.5, 0.6) is 0 Å². The molecule has 1 fully saturated rings. The van der Waals surface area contributed by atoms with Crippen molar-refractivity contribution in [3.8, 4) is 0 Å². The van der Waals surface area contributed by atoms with Crippen LogP contribution in [0.4, 0.5) is 0 Å². The number of benzene rings is 1. The second-order valence-corrected chi connectivity index (χ2v) is 7.89. The first-order valence-electron chi connectivity index (χ1n) is 7.69. The Hall–Kier alpha value is -2.32. The van der Waals surface area contributed by atoms with E-state index in [9.17, 15) is 8.42 Å². The van der Waals surface area contributed by atoms with E-state index in [2.05, 4.69) is 15.1 Å². The number of rotatable bonds is 3. The van der Waals surface area contributed by atoms with Crippen LogP contribution in [-0.4, -0.2) is 45.6 Å². The Kier molecular flexibility index (Phi) is 3.40. The van der Waals surface area contributed by atoms with E-state index in [0.29, 0.717) is 29.2 Å². The van der Waals surface area contributed by atoms with Gasteiger partial charge in [0.25, 0.3) is 0 Å². The standard InChI is InChI=1S/C16H17N5O2S/c1-11-18-12(2)21(19-11)14-9-20(10-14)24(22,23)16-5-3-4-13-6-7-17-8-15(13)16/h3-8,14H,9-10H2,1-2H3. The van der Waals surface area contributed by atoms with Crippen molar-refractivity contribution < 1.29 is 8.42 Å². The third kappa shape index (κ3) is 2.30. The van der Waals surface area contributed by atoms with Crippen LogP contribution < -0.4 is 0 Å². The molecule has 0 spiro atoms. The van der Waals surface area contributed by atoms with Crippen molar-refractivity contribution in [3.63, 3.8) is 0 Å². The Morgan fingerprint density at radius 3 is 2.67 bits per heavy atom. The lowest BCUT2D eigenvalue weighted by Crippen LogP contribution is -2.51. The largest absolute Gasteiger partial charge is 0.264 e. The molecule has 3 heterocycles. The summed E-state index contributed by atoms with van der Waals surface area (Å²) in [6.07, 6.45) is 3.26. The summed E-state index contributed by atoms with van der Waals surface area (Å²) in [5.41, 5.74) is 0. The van der Waals surface area contributed by atoms with Gasteiger partial charge < -0.3 is 0 Å². The van der Waals surface area contributed by atoms with Crippen LogP contribution in [0.3, 0.4) is 0 Å². The van der Waals surface area contributed by atoms with E-state index in [4.69, 9.17) is 0 Å². The number of aromatic nitrogens is 4. The molecule has 4 rings (SSSR count). The number of hydrogen-bond donors (Lipinski definition) is 0. The van der Waals surface area contributed by atoms with Crippen LogP contribution in [0.2, 0.25) is 0 Å². The zero-order valence-corrected chi connectivity index (χ0v) is 14.2. The quantitative estimate of drug-likeness (QED) is 0.723. The fourth-order valence-electron chi connectivity index (χ4n) is 3.10. The van der Waals surface area contributed by atoms with Crippen LogP contribution >= 0.6 is 0 Å². The highest BCUT2D eigenvalue weighted by Crippen LogP contribution is 2.31. The highest BCUT2D eigenvalue weighted by molar-refractivity contribution is 7.89. The van der Waals surface area contributed by atoms with Crippen molar-refractivity contribution in [2.24, 2.45) is 0 Å². The molecule has 24 heavy (non-hydrogen) atoms. The summed E-state index contributed by atoms with van der Waals surface area (Å²) in [7, 11) is -3.54. The Balaban J connectivity index is 1.64. The third-order valence-corrected chi connectivity index (χ3v) is 6.23. The molecule has 0 atom stereocenters. The van der Waals surface area contributed by atoms with Gasteiger partial charge in [0.05, 0.1) is 10.9 Å². The van der Waals surface area contributed by atoms with Gasteiger partial charge in [-0.05, 0) is 31.4 Å². The molecule has 2 aromatic heterocycles. The van der Waals surface area contributed by atoms with Gasteiger partial charge in [0.1, 0.15) is 11.6 Å². The second-order valence-electron chi connectivity index (χ2n) is 5.98. The molecule has 0 bridgehead atoms. The first-order chi connectivity index (χ1) is 11.5. The first kappa shape index (κ1) is 15.2. The molecular weight excluding hydrogens is 326 g/mol. The van der Waals surface area contributed by atoms with Gasteiger partial charge in [-0.1, -0.05) is 12.1 Å². The van der Waals surface area contributed by atoms with E-state index in [1.807, 2.05) is 30.7 Å². The molecule has 0 aliphatic carbocycles. The molecule has 0 amide bonds. The Morgan fingerprint density at radius 2 is 1.96 bits per heavy atom. The number of hydrogen-bond acceptors (Lipinski definition) is 5. The number of nitrogens with zero attached hydrogens (tertiary/aromatic N) is 5. The van der Waals surface area contributed by atoms with Gasteiger partial charge in [-0.25, -0.2) is 18.1 Å². The summed E-state index contributed by atoms with van der Waals surface area (Å²) >= 11 is 0. The average molecular weight is 343 g/mol. The maximum Gasteiger partial charge on any atom is 0.243 e. The average Bonchev–Trinajstić information content (AvgIpc) is 2.83. The highest BCUT2D eigenvalue weighted by atomic mass is 32.2. The lowest BCUT2D eigenvalue weighted by atomic mass is 10.2. The van der Waals surface area contributed by atoms with E-state index >= 15 is 0 Å². The summed E-state index contributed by atoms with van der Waals surface area (Å²) in [6, 6.07) is 7.13. The molecule has 124 valence electrons. The zero-order chi connectivity index (χ0) is 16.9. The Morgan fingerprint density at radius 1 is 1.17 bits per heavy atom. The minimum atomic E-state index is -3.54. The fraction of sp³-hybridized carbons (Fsp3) is 0.312. The molecular formula is C16H17N5O2S. The van der Waals surface area contributed by atoms with Crippen LogP contribution in [0.25, 0.3) is 10.8 Å². The van der Waals surface area contributed by atoms with Crippen LogP contribution in [0.1, 0.15) is 17.7 Å². The van der Waals surface area contributed by atoms with Gasteiger partial charge in [-0.3, -0.25) is 4.98 Å². The smallest absolute Gasteiger partial charge is 0.243 e. The van der Waals surface area contributed by atoms with E-state index in [-0.39, 0.29) is 6.04 Å². The summed E-state index contributed by atoms with van der Waals surface area (Å²) in [5.74, 6) is 1.51. The minimum absolute atomic E-state index is 0.0362. The van der Waals surface area contributed by atoms with Crippen molar-refractivity contribution in [3.05, 3.63) is 48.3 Å². The normalized spacial score (nSPS) is 16.4. The van der Waals surface area contributed by atoms with Crippen LogP contribution in [0.15, 0.2) is 41.6 Å². The molecule has 0 saturated carbocycles. The maximum atomic E-state index is 12.9. The molecule has 1 aliphatic heterocycles. The van der Waals surface area contributed by atoms with Crippen molar-refractivity contribution in [1.29, 1.82) is 0 Å². The molecule has 0 unspecified atom stereocenters. The predicted molar refractivity (Wildman–Crippen MR) is 89.0 cm³/mol. The van der Waals surface area contributed by atoms with E-state index < -0.39 is 10.0 Å². The molecule has 0 radical (unpaired) electrons. The van der Waals surface area contributed by atoms with Crippen molar-refractivity contribution in [2.45, 2.75) is 24.8 Å². The number of sulfonamides is 1.